The van der Waals surface area contributed by atoms with E-state index >= 15 is 0 Å². The lowest BCUT2D eigenvalue weighted by Crippen LogP contribution is -2.33. The van der Waals surface area contributed by atoms with Crippen LogP contribution in [0.1, 0.15) is 59.2 Å². The Morgan fingerprint density at radius 1 is 1.52 bits per heavy atom. The number of carbonyl (C=O) groups is 1. The molecule has 3 rings (SSSR count). The van der Waals surface area contributed by atoms with Crippen LogP contribution in [0.2, 0.25) is 0 Å². The van der Waals surface area contributed by atoms with Crippen LogP contribution in [0.25, 0.3) is 0 Å². The molecule has 0 saturated carbocycles. The van der Waals surface area contributed by atoms with Crippen LogP contribution in [0.15, 0.2) is 16.0 Å². The summed E-state index contributed by atoms with van der Waals surface area (Å²) in [6, 6.07) is 2.19. The number of hydrogen-bond acceptors (Lipinski definition) is 6. The predicted molar refractivity (Wildman–Crippen MR) is 80.4 cm³/mol. The predicted octanol–water partition coefficient (Wildman–Crippen LogP) is 3.37. The number of aryl methyl sites for hydroxylation is 1. The fourth-order valence-electron chi connectivity index (χ4n) is 2.79. The Hall–Kier alpha value is -1.53. The number of thiophene rings is 1. The summed E-state index contributed by atoms with van der Waals surface area (Å²) in [5.41, 5.74) is 1.19. The van der Waals surface area contributed by atoms with Crippen molar-refractivity contribution in [2.75, 3.05) is 6.54 Å². The van der Waals surface area contributed by atoms with E-state index in [1.165, 1.54) is 29.7 Å². The summed E-state index contributed by atoms with van der Waals surface area (Å²) >= 11 is 1.52. The molecule has 2 aromatic heterocycles. The first kappa shape index (κ1) is 14.4. The van der Waals surface area contributed by atoms with Gasteiger partial charge in [-0.25, -0.2) is 0 Å². The highest BCUT2D eigenvalue weighted by atomic mass is 32.1. The van der Waals surface area contributed by atoms with Gasteiger partial charge in [-0.1, -0.05) is 11.6 Å². The number of hydrogen-bond donors (Lipinski definition) is 0. The Morgan fingerprint density at radius 3 is 3.05 bits per heavy atom. The lowest BCUT2D eigenvalue weighted by molar-refractivity contribution is 0.102. The van der Waals surface area contributed by atoms with Gasteiger partial charge >= 0.3 is 0 Å². The molecule has 0 amide bonds. The van der Waals surface area contributed by atoms with Gasteiger partial charge in [0.15, 0.2) is 11.6 Å². The lowest BCUT2D eigenvalue weighted by atomic mass is 10.0. The zero-order chi connectivity index (χ0) is 14.8. The Bertz CT molecular complexity index is 634. The number of piperidine rings is 1. The quantitative estimate of drug-likeness (QED) is 0.811. The highest BCUT2D eigenvalue weighted by Gasteiger charge is 2.28. The molecular formula is C15H19N3O2S. The monoisotopic (exact) mass is 305 g/mol. The standard InChI is InChI=1S/C15H19N3O2S/c1-10(19)14-7-12(9-21-14)8-18-6-4-3-5-13(18)15-16-11(2)17-20-15/h7,9,13H,3-6,8H2,1-2H3/t13-/m1/s1. The number of aromatic nitrogens is 2. The Kier molecular flexibility index (Phi) is 4.17. The van der Waals surface area contributed by atoms with Gasteiger partial charge in [-0.3, -0.25) is 9.69 Å². The fraction of sp³-hybridized carbons (Fsp3) is 0.533. The van der Waals surface area contributed by atoms with Crippen molar-refractivity contribution in [3.8, 4) is 0 Å². The topological polar surface area (TPSA) is 59.2 Å². The second-order valence-electron chi connectivity index (χ2n) is 5.54. The van der Waals surface area contributed by atoms with Crippen molar-refractivity contribution in [1.82, 2.24) is 15.0 Å². The van der Waals surface area contributed by atoms with E-state index in [1.54, 1.807) is 6.92 Å². The number of ketones is 1. The van der Waals surface area contributed by atoms with Gasteiger partial charge in [0.25, 0.3) is 0 Å². The van der Waals surface area contributed by atoms with Crippen molar-refractivity contribution in [2.24, 2.45) is 0 Å². The molecule has 1 atom stereocenters. The van der Waals surface area contributed by atoms with Crippen molar-refractivity contribution in [3.63, 3.8) is 0 Å². The van der Waals surface area contributed by atoms with Crippen LogP contribution in [0, 0.1) is 6.92 Å². The van der Waals surface area contributed by atoms with Crippen molar-refractivity contribution < 1.29 is 9.32 Å². The van der Waals surface area contributed by atoms with Crippen LogP contribution in [0.5, 0.6) is 0 Å². The Balaban J connectivity index is 1.76. The molecule has 0 aromatic carbocycles. The van der Waals surface area contributed by atoms with Crippen molar-refractivity contribution >= 4 is 17.1 Å². The molecule has 0 radical (unpaired) electrons. The molecule has 1 fully saturated rings. The number of likely N-dealkylation sites (tertiary alicyclic amines) is 1. The summed E-state index contributed by atoms with van der Waals surface area (Å²) in [5.74, 6) is 1.54. The van der Waals surface area contributed by atoms with E-state index in [9.17, 15) is 4.79 Å². The molecular weight excluding hydrogens is 286 g/mol. The molecule has 1 aliphatic rings. The molecule has 2 aromatic rings. The summed E-state index contributed by atoms with van der Waals surface area (Å²) in [7, 11) is 0. The van der Waals surface area contributed by atoms with Gasteiger partial charge in [0.1, 0.15) is 0 Å². The Labute approximate surface area is 128 Å². The number of Topliss-reactive ketones (excluding diaryl/α,β-unsaturated/α-hetero) is 1. The Morgan fingerprint density at radius 2 is 2.38 bits per heavy atom. The van der Waals surface area contributed by atoms with E-state index < -0.39 is 0 Å². The average Bonchev–Trinajstić information content (AvgIpc) is 3.09. The molecule has 3 heterocycles. The maximum atomic E-state index is 11.4. The maximum Gasteiger partial charge on any atom is 0.243 e. The number of carbonyl (C=O) groups excluding carboxylic acids is 1. The minimum atomic E-state index is 0.133. The van der Waals surface area contributed by atoms with E-state index in [2.05, 4.69) is 20.4 Å². The van der Waals surface area contributed by atoms with Crippen molar-refractivity contribution in [2.45, 2.75) is 45.7 Å². The third kappa shape index (κ3) is 3.22. The van der Waals surface area contributed by atoms with Gasteiger partial charge in [-0.2, -0.15) is 4.98 Å². The van der Waals surface area contributed by atoms with Crippen LogP contribution < -0.4 is 0 Å². The van der Waals surface area contributed by atoms with E-state index in [4.69, 9.17) is 4.52 Å². The van der Waals surface area contributed by atoms with Gasteiger partial charge in [0.2, 0.25) is 5.89 Å². The van der Waals surface area contributed by atoms with E-state index in [0.717, 1.165) is 24.4 Å². The van der Waals surface area contributed by atoms with Gasteiger partial charge in [-0.15, -0.1) is 11.3 Å². The maximum absolute atomic E-state index is 11.4. The molecule has 0 spiro atoms. The molecule has 1 aliphatic heterocycles. The number of nitrogens with zero attached hydrogens (tertiary/aromatic N) is 3. The third-order valence-electron chi connectivity index (χ3n) is 3.83. The van der Waals surface area contributed by atoms with Crippen LogP contribution in [0.3, 0.4) is 0 Å². The van der Waals surface area contributed by atoms with E-state index in [-0.39, 0.29) is 11.8 Å². The van der Waals surface area contributed by atoms with Gasteiger partial charge in [-0.05, 0) is 50.2 Å². The average molecular weight is 305 g/mol. The van der Waals surface area contributed by atoms with Crippen LogP contribution in [-0.2, 0) is 6.54 Å². The SMILES string of the molecule is CC(=O)c1cc(CN2CCCC[C@@H]2c2nc(C)no2)cs1. The molecule has 0 N–H and O–H groups in total. The van der Waals surface area contributed by atoms with Crippen molar-refractivity contribution in [3.05, 3.63) is 33.6 Å². The zero-order valence-electron chi connectivity index (χ0n) is 12.3. The molecule has 21 heavy (non-hydrogen) atoms. The third-order valence-corrected chi connectivity index (χ3v) is 4.91. The lowest BCUT2D eigenvalue weighted by Gasteiger charge is -2.33. The van der Waals surface area contributed by atoms with Crippen LogP contribution >= 0.6 is 11.3 Å². The highest BCUT2D eigenvalue weighted by molar-refractivity contribution is 7.12. The summed E-state index contributed by atoms with van der Waals surface area (Å²) < 4.78 is 5.36. The largest absolute Gasteiger partial charge is 0.338 e. The van der Waals surface area contributed by atoms with Gasteiger partial charge in [0.05, 0.1) is 10.9 Å². The minimum absolute atomic E-state index is 0.133. The molecule has 0 unspecified atom stereocenters. The first-order chi connectivity index (χ1) is 10.1. The first-order valence-corrected chi connectivity index (χ1v) is 8.14. The fourth-order valence-corrected chi connectivity index (χ4v) is 3.59. The normalized spacial score (nSPS) is 19.8. The minimum Gasteiger partial charge on any atom is -0.338 e. The zero-order valence-corrected chi connectivity index (χ0v) is 13.2. The van der Waals surface area contributed by atoms with Crippen LogP contribution in [0.4, 0.5) is 0 Å². The van der Waals surface area contributed by atoms with Gasteiger partial charge in [0, 0.05) is 6.54 Å². The molecule has 0 aliphatic carbocycles. The highest BCUT2D eigenvalue weighted by Crippen LogP contribution is 2.31. The molecule has 1 saturated heterocycles. The van der Waals surface area contributed by atoms with E-state index in [1.807, 2.05) is 13.0 Å². The first-order valence-electron chi connectivity index (χ1n) is 7.26. The van der Waals surface area contributed by atoms with Crippen molar-refractivity contribution in [1.29, 1.82) is 0 Å². The molecule has 0 bridgehead atoms. The molecule has 5 nitrogen and oxygen atoms in total. The summed E-state index contributed by atoms with van der Waals surface area (Å²) in [4.78, 5) is 19.0. The second-order valence-corrected chi connectivity index (χ2v) is 6.45. The van der Waals surface area contributed by atoms with E-state index in [0.29, 0.717) is 11.7 Å². The summed E-state index contributed by atoms with van der Waals surface area (Å²) in [5, 5.41) is 5.98. The molecule has 112 valence electrons. The second kappa shape index (κ2) is 6.07. The smallest absolute Gasteiger partial charge is 0.243 e. The van der Waals surface area contributed by atoms with Gasteiger partial charge < -0.3 is 4.52 Å². The summed E-state index contributed by atoms with van der Waals surface area (Å²) in [6.45, 7) is 5.31. The van der Waals surface area contributed by atoms with Crippen LogP contribution in [-0.4, -0.2) is 27.4 Å². The number of rotatable bonds is 4. The summed E-state index contributed by atoms with van der Waals surface area (Å²) in [6.07, 6.45) is 3.42. The molecule has 6 heteroatoms.